The van der Waals surface area contributed by atoms with E-state index in [1.807, 2.05) is 0 Å². The first kappa shape index (κ1) is 19.0. The molecule has 0 aromatic heterocycles. The number of unbranched alkanes of at least 4 members (excludes halogenated alkanes) is 6. The van der Waals surface area contributed by atoms with Crippen molar-refractivity contribution in [2.45, 2.75) is 96.9 Å². The van der Waals surface area contributed by atoms with E-state index in [0.717, 1.165) is 12.5 Å². The van der Waals surface area contributed by atoms with Gasteiger partial charge in [0.1, 0.15) is 0 Å². The number of hydrogen-bond donors (Lipinski definition) is 1. The largest absolute Gasteiger partial charge is 0.329 e. The van der Waals surface area contributed by atoms with Crippen LogP contribution in [0.3, 0.4) is 0 Å². The second kappa shape index (κ2) is 12.5. The highest BCUT2D eigenvalue weighted by molar-refractivity contribution is 4.79. The maximum Gasteiger partial charge on any atom is 0.0218 e. The smallest absolute Gasteiger partial charge is 0.0218 e. The van der Waals surface area contributed by atoms with E-state index >= 15 is 0 Å². The van der Waals surface area contributed by atoms with Crippen molar-refractivity contribution in [2.75, 3.05) is 19.6 Å². The van der Waals surface area contributed by atoms with E-state index in [1.54, 1.807) is 0 Å². The molecule has 1 unspecified atom stereocenters. The first-order chi connectivity index (χ1) is 10.3. The molecular weight excluding hydrogens is 256 g/mol. The molecule has 1 aliphatic heterocycles. The van der Waals surface area contributed by atoms with Gasteiger partial charge in [0.05, 0.1) is 0 Å². The molecule has 1 atom stereocenters. The molecule has 0 aliphatic carbocycles. The van der Waals surface area contributed by atoms with Crippen LogP contribution in [0.1, 0.15) is 90.9 Å². The van der Waals surface area contributed by atoms with E-state index in [9.17, 15) is 0 Å². The minimum absolute atomic E-state index is 0.656. The second-order valence-electron chi connectivity index (χ2n) is 7.07. The fourth-order valence-electron chi connectivity index (χ4n) is 3.80. The summed E-state index contributed by atoms with van der Waals surface area (Å²) in [6, 6.07) is 0.656. The zero-order chi connectivity index (χ0) is 15.3. The van der Waals surface area contributed by atoms with Crippen LogP contribution in [-0.4, -0.2) is 30.6 Å². The Balaban J connectivity index is 2.09. The summed E-state index contributed by atoms with van der Waals surface area (Å²) in [4.78, 5) is 2.68. The first-order valence-electron chi connectivity index (χ1n) is 9.75. The van der Waals surface area contributed by atoms with Crippen molar-refractivity contribution in [3.05, 3.63) is 0 Å². The van der Waals surface area contributed by atoms with Gasteiger partial charge in [-0.3, -0.25) is 4.90 Å². The van der Waals surface area contributed by atoms with Crippen molar-refractivity contribution in [3.63, 3.8) is 0 Å². The van der Waals surface area contributed by atoms with Crippen LogP contribution >= 0.6 is 0 Å². The number of piperidine rings is 1. The molecule has 1 fully saturated rings. The molecule has 21 heavy (non-hydrogen) atoms. The highest BCUT2D eigenvalue weighted by Gasteiger charge is 2.23. The lowest BCUT2D eigenvalue weighted by molar-refractivity contribution is 0.124. The lowest BCUT2D eigenvalue weighted by Gasteiger charge is -2.37. The van der Waals surface area contributed by atoms with Gasteiger partial charge in [-0.15, -0.1) is 0 Å². The Bertz CT molecular complexity index is 222. The van der Waals surface area contributed by atoms with Gasteiger partial charge in [-0.1, -0.05) is 71.6 Å². The lowest BCUT2D eigenvalue weighted by Crippen LogP contribution is -2.45. The molecule has 1 rings (SSSR count). The van der Waals surface area contributed by atoms with Gasteiger partial charge in [-0.2, -0.15) is 0 Å². The number of hydrogen-bond acceptors (Lipinski definition) is 2. The summed E-state index contributed by atoms with van der Waals surface area (Å²) >= 11 is 0. The van der Waals surface area contributed by atoms with Crippen molar-refractivity contribution >= 4 is 0 Å². The van der Waals surface area contributed by atoms with Crippen LogP contribution in [0.15, 0.2) is 0 Å². The van der Waals surface area contributed by atoms with Crippen molar-refractivity contribution in [1.82, 2.24) is 4.90 Å². The highest BCUT2D eigenvalue weighted by Crippen LogP contribution is 2.24. The molecule has 1 heterocycles. The first-order valence-corrected chi connectivity index (χ1v) is 9.75. The third kappa shape index (κ3) is 8.21. The number of rotatable bonds is 12. The molecule has 0 radical (unpaired) electrons. The fraction of sp³-hybridized carbons (Fsp3) is 1.00. The predicted octanol–water partition coefficient (Wildman–Crippen LogP) is 4.97. The van der Waals surface area contributed by atoms with E-state index in [0.29, 0.717) is 6.04 Å². The van der Waals surface area contributed by atoms with E-state index in [2.05, 4.69) is 18.7 Å². The normalized spacial score (nSPS) is 19.0. The van der Waals surface area contributed by atoms with Crippen LogP contribution in [0.2, 0.25) is 0 Å². The summed E-state index contributed by atoms with van der Waals surface area (Å²) in [5, 5.41) is 0. The lowest BCUT2D eigenvalue weighted by atomic mass is 9.91. The SMILES string of the molecule is CCCCCCCCCC(CN)N1CCC(CCC)CC1. The Morgan fingerprint density at radius 2 is 1.52 bits per heavy atom. The molecule has 2 heteroatoms. The molecular formula is C19H40N2. The van der Waals surface area contributed by atoms with Gasteiger partial charge < -0.3 is 5.73 Å². The quantitative estimate of drug-likeness (QED) is 0.515. The summed E-state index contributed by atoms with van der Waals surface area (Å²) in [5.74, 6) is 0.989. The molecule has 0 amide bonds. The van der Waals surface area contributed by atoms with Crippen molar-refractivity contribution in [2.24, 2.45) is 11.7 Å². The molecule has 0 aromatic carbocycles. The molecule has 0 aromatic rings. The highest BCUT2D eigenvalue weighted by atomic mass is 15.2. The average Bonchev–Trinajstić information content (AvgIpc) is 2.52. The average molecular weight is 297 g/mol. The third-order valence-electron chi connectivity index (χ3n) is 5.28. The van der Waals surface area contributed by atoms with Gasteiger partial charge in [0.15, 0.2) is 0 Å². The van der Waals surface area contributed by atoms with Gasteiger partial charge >= 0.3 is 0 Å². The number of nitrogens with zero attached hydrogens (tertiary/aromatic N) is 1. The Morgan fingerprint density at radius 1 is 0.905 bits per heavy atom. The molecule has 126 valence electrons. The summed E-state index contributed by atoms with van der Waals surface area (Å²) in [7, 11) is 0. The van der Waals surface area contributed by atoms with Crippen LogP contribution in [0.4, 0.5) is 0 Å². The van der Waals surface area contributed by atoms with Crippen molar-refractivity contribution in [3.8, 4) is 0 Å². The van der Waals surface area contributed by atoms with E-state index in [-0.39, 0.29) is 0 Å². The molecule has 0 bridgehead atoms. The summed E-state index contributed by atoms with van der Waals surface area (Å²) in [6.07, 6.45) is 16.8. The molecule has 0 saturated carbocycles. The van der Waals surface area contributed by atoms with Crippen molar-refractivity contribution < 1.29 is 0 Å². The monoisotopic (exact) mass is 296 g/mol. The van der Waals surface area contributed by atoms with Crippen LogP contribution < -0.4 is 5.73 Å². The van der Waals surface area contributed by atoms with Gasteiger partial charge in [-0.05, 0) is 38.3 Å². The minimum Gasteiger partial charge on any atom is -0.329 e. The van der Waals surface area contributed by atoms with Gasteiger partial charge in [0.2, 0.25) is 0 Å². The standard InChI is InChI=1S/C19H40N2/c1-3-5-6-7-8-9-10-12-19(17-20)21-15-13-18(11-4-2)14-16-21/h18-19H,3-17,20H2,1-2H3. The van der Waals surface area contributed by atoms with Crippen LogP contribution in [0.25, 0.3) is 0 Å². The third-order valence-corrected chi connectivity index (χ3v) is 5.28. The Morgan fingerprint density at radius 3 is 2.10 bits per heavy atom. The van der Waals surface area contributed by atoms with E-state index in [1.165, 1.54) is 90.1 Å². The van der Waals surface area contributed by atoms with Gasteiger partial charge in [-0.25, -0.2) is 0 Å². The predicted molar refractivity (Wildman–Crippen MR) is 94.7 cm³/mol. The summed E-state index contributed by atoms with van der Waals surface area (Å²) < 4.78 is 0. The molecule has 2 nitrogen and oxygen atoms in total. The van der Waals surface area contributed by atoms with Crippen LogP contribution in [0, 0.1) is 5.92 Å². The van der Waals surface area contributed by atoms with Crippen LogP contribution in [-0.2, 0) is 0 Å². The van der Waals surface area contributed by atoms with E-state index in [4.69, 9.17) is 5.73 Å². The maximum atomic E-state index is 6.04. The summed E-state index contributed by atoms with van der Waals surface area (Å²) in [5.41, 5.74) is 6.04. The maximum absolute atomic E-state index is 6.04. The second-order valence-corrected chi connectivity index (χ2v) is 7.07. The number of nitrogens with two attached hydrogens (primary N) is 1. The van der Waals surface area contributed by atoms with E-state index < -0.39 is 0 Å². The Kier molecular flexibility index (Phi) is 11.3. The molecule has 1 saturated heterocycles. The van der Waals surface area contributed by atoms with Crippen molar-refractivity contribution in [1.29, 1.82) is 0 Å². The van der Waals surface area contributed by atoms with Gasteiger partial charge in [0.25, 0.3) is 0 Å². The van der Waals surface area contributed by atoms with Gasteiger partial charge in [0, 0.05) is 12.6 Å². The molecule has 1 aliphatic rings. The Labute approximate surface area is 133 Å². The minimum atomic E-state index is 0.656. The Hall–Kier alpha value is -0.0800. The summed E-state index contributed by atoms with van der Waals surface area (Å²) in [6.45, 7) is 8.05. The topological polar surface area (TPSA) is 29.3 Å². The number of likely N-dealkylation sites (tertiary alicyclic amines) is 1. The van der Waals surface area contributed by atoms with Crippen LogP contribution in [0.5, 0.6) is 0 Å². The zero-order valence-corrected chi connectivity index (χ0v) is 14.8. The molecule has 2 N–H and O–H groups in total. The fourth-order valence-corrected chi connectivity index (χ4v) is 3.80. The molecule has 0 spiro atoms. The zero-order valence-electron chi connectivity index (χ0n) is 14.8.